The fourth-order valence-electron chi connectivity index (χ4n) is 4.04. The molecular weight excluding hydrogens is 450 g/mol. The van der Waals surface area contributed by atoms with E-state index >= 15 is 0 Å². The van der Waals surface area contributed by atoms with Gasteiger partial charge in [-0.15, -0.1) is 0 Å². The third-order valence-corrected chi connectivity index (χ3v) is 6.31. The van der Waals surface area contributed by atoms with Crippen LogP contribution in [-0.2, 0) is 0 Å². The highest BCUT2D eigenvalue weighted by atomic mass is 16.5. The molecule has 0 radical (unpaired) electrons. The molecule has 0 aliphatic rings. The van der Waals surface area contributed by atoms with E-state index < -0.39 is 0 Å². The number of fused-ring (bicyclic) bond motifs is 1. The quantitative estimate of drug-likeness (QED) is 0.266. The topological polar surface area (TPSA) is 65.7 Å². The van der Waals surface area contributed by atoms with Gasteiger partial charge in [0.25, 0.3) is 5.56 Å². The molecule has 0 aliphatic carbocycles. The number of nitrogens with zero attached hydrogens (tertiary/aromatic N) is 3. The SMILES string of the molecule is CC[C@H](C)Oc1ccc(C=Nn2c(-c3cc(C(C)C)c(OC)cc3C)nc3ccccc3c2=O)cc1. The first-order valence-corrected chi connectivity index (χ1v) is 12.3. The number of hydrogen-bond donors (Lipinski definition) is 0. The van der Waals surface area contributed by atoms with Gasteiger partial charge in [-0.05, 0) is 91.4 Å². The molecule has 0 saturated heterocycles. The molecule has 0 spiro atoms. The summed E-state index contributed by atoms with van der Waals surface area (Å²) in [5.74, 6) is 2.36. The summed E-state index contributed by atoms with van der Waals surface area (Å²) in [7, 11) is 1.67. The van der Waals surface area contributed by atoms with Crippen LogP contribution < -0.4 is 15.0 Å². The summed E-state index contributed by atoms with van der Waals surface area (Å²) in [6.45, 7) is 10.4. The number of benzene rings is 3. The Hall–Kier alpha value is -3.93. The Kier molecular flexibility index (Phi) is 7.53. The molecule has 0 unspecified atom stereocenters. The minimum Gasteiger partial charge on any atom is -0.496 e. The summed E-state index contributed by atoms with van der Waals surface area (Å²) in [4.78, 5) is 18.4. The number of ether oxygens (including phenoxy) is 2. The molecular formula is C30H33N3O3. The van der Waals surface area contributed by atoms with Crippen LogP contribution in [0.3, 0.4) is 0 Å². The summed E-state index contributed by atoms with van der Waals surface area (Å²) in [6, 6.07) is 19.1. The Morgan fingerprint density at radius 3 is 2.44 bits per heavy atom. The lowest BCUT2D eigenvalue weighted by atomic mass is 9.96. The summed E-state index contributed by atoms with van der Waals surface area (Å²) in [6.07, 6.45) is 2.77. The van der Waals surface area contributed by atoms with Crippen molar-refractivity contribution in [1.29, 1.82) is 0 Å². The molecule has 0 fully saturated rings. The highest BCUT2D eigenvalue weighted by molar-refractivity contribution is 5.82. The first kappa shape index (κ1) is 25.2. The molecule has 4 rings (SSSR count). The highest BCUT2D eigenvalue weighted by Crippen LogP contribution is 2.34. The number of hydrogen-bond acceptors (Lipinski definition) is 5. The van der Waals surface area contributed by atoms with Crippen molar-refractivity contribution in [1.82, 2.24) is 9.66 Å². The Bertz CT molecular complexity index is 1450. The second kappa shape index (κ2) is 10.8. The molecule has 0 bridgehead atoms. The predicted octanol–water partition coefficient (Wildman–Crippen LogP) is 6.56. The van der Waals surface area contributed by atoms with Crippen molar-refractivity contribution in [3.8, 4) is 22.9 Å². The maximum atomic E-state index is 13.6. The van der Waals surface area contributed by atoms with Crippen molar-refractivity contribution < 1.29 is 9.47 Å². The second-order valence-corrected chi connectivity index (χ2v) is 9.28. The zero-order valence-corrected chi connectivity index (χ0v) is 21.8. The normalized spacial score (nSPS) is 12.4. The van der Waals surface area contributed by atoms with Gasteiger partial charge in [-0.3, -0.25) is 4.79 Å². The van der Waals surface area contributed by atoms with Crippen LogP contribution in [0.1, 0.15) is 56.7 Å². The van der Waals surface area contributed by atoms with E-state index in [-0.39, 0.29) is 17.6 Å². The van der Waals surface area contributed by atoms with Crippen molar-refractivity contribution in [2.45, 2.75) is 53.1 Å². The van der Waals surface area contributed by atoms with E-state index in [1.807, 2.05) is 62.4 Å². The molecule has 36 heavy (non-hydrogen) atoms. The summed E-state index contributed by atoms with van der Waals surface area (Å²) < 4.78 is 12.9. The van der Waals surface area contributed by atoms with E-state index in [4.69, 9.17) is 14.5 Å². The van der Waals surface area contributed by atoms with Crippen LogP contribution >= 0.6 is 0 Å². The summed E-state index contributed by atoms with van der Waals surface area (Å²) in [5, 5.41) is 5.13. The lowest BCUT2D eigenvalue weighted by Gasteiger charge is -2.17. The molecule has 0 amide bonds. The van der Waals surface area contributed by atoms with Crippen LogP contribution in [0.2, 0.25) is 0 Å². The molecule has 1 heterocycles. The van der Waals surface area contributed by atoms with Crippen LogP contribution in [0.25, 0.3) is 22.3 Å². The molecule has 3 aromatic carbocycles. The molecule has 0 aliphatic heterocycles. The zero-order chi connectivity index (χ0) is 25.8. The lowest BCUT2D eigenvalue weighted by Crippen LogP contribution is -2.20. The average molecular weight is 484 g/mol. The largest absolute Gasteiger partial charge is 0.496 e. The highest BCUT2D eigenvalue weighted by Gasteiger charge is 2.18. The molecule has 6 heteroatoms. The van der Waals surface area contributed by atoms with Crippen LogP contribution in [-0.4, -0.2) is 29.1 Å². The minimum absolute atomic E-state index is 0.151. The maximum absolute atomic E-state index is 13.6. The van der Waals surface area contributed by atoms with Crippen LogP contribution in [0, 0.1) is 6.92 Å². The van der Waals surface area contributed by atoms with E-state index in [1.54, 1.807) is 19.4 Å². The second-order valence-electron chi connectivity index (χ2n) is 9.28. The summed E-state index contributed by atoms with van der Waals surface area (Å²) >= 11 is 0. The fourth-order valence-corrected chi connectivity index (χ4v) is 4.04. The molecule has 0 saturated carbocycles. The van der Waals surface area contributed by atoms with E-state index in [0.29, 0.717) is 16.7 Å². The van der Waals surface area contributed by atoms with E-state index in [1.165, 1.54) is 4.68 Å². The maximum Gasteiger partial charge on any atom is 0.282 e. The number of rotatable bonds is 8. The van der Waals surface area contributed by atoms with Gasteiger partial charge in [0.2, 0.25) is 0 Å². The Morgan fingerprint density at radius 2 is 1.78 bits per heavy atom. The van der Waals surface area contributed by atoms with Crippen molar-refractivity contribution >= 4 is 17.1 Å². The third kappa shape index (κ3) is 5.18. The molecule has 1 aromatic heterocycles. The van der Waals surface area contributed by atoms with Gasteiger partial charge < -0.3 is 9.47 Å². The Morgan fingerprint density at radius 1 is 1.06 bits per heavy atom. The first-order chi connectivity index (χ1) is 17.3. The molecule has 0 N–H and O–H groups in total. The number of aryl methyl sites for hydroxylation is 1. The van der Waals surface area contributed by atoms with E-state index in [2.05, 4.69) is 31.9 Å². The number of para-hydroxylation sites is 1. The van der Waals surface area contributed by atoms with Crippen molar-refractivity contribution in [2.75, 3.05) is 7.11 Å². The van der Waals surface area contributed by atoms with Gasteiger partial charge in [0.05, 0.1) is 30.3 Å². The standard InChI is InChI=1S/C30H33N3O3/c1-7-21(5)36-23-14-12-22(13-15-23)18-31-33-29(32-27-11-9-8-10-24(27)30(33)34)26-17-25(19(2)3)28(35-6)16-20(26)4/h8-19,21H,7H2,1-6H3/t21-/m0/s1. The minimum atomic E-state index is -0.218. The monoisotopic (exact) mass is 483 g/mol. The van der Waals surface area contributed by atoms with E-state index in [9.17, 15) is 4.79 Å². The van der Waals surface area contributed by atoms with Gasteiger partial charge in [0.15, 0.2) is 5.82 Å². The molecule has 4 aromatic rings. The van der Waals surface area contributed by atoms with Crippen molar-refractivity contribution in [2.24, 2.45) is 5.10 Å². The Labute approximate surface area is 212 Å². The number of methoxy groups -OCH3 is 1. The lowest BCUT2D eigenvalue weighted by molar-refractivity contribution is 0.217. The Balaban J connectivity index is 1.85. The van der Waals surface area contributed by atoms with Gasteiger partial charge in [-0.25, -0.2) is 4.98 Å². The third-order valence-electron chi connectivity index (χ3n) is 6.31. The summed E-state index contributed by atoms with van der Waals surface area (Å²) in [5.41, 5.74) is 4.12. The van der Waals surface area contributed by atoms with Gasteiger partial charge >= 0.3 is 0 Å². The van der Waals surface area contributed by atoms with Gasteiger partial charge in [-0.1, -0.05) is 32.9 Å². The van der Waals surface area contributed by atoms with Gasteiger partial charge in [0, 0.05) is 5.56 Å². The van der Waals surface area contributed by atoms with Crippen LogP contribution in [0.4, 0.5) is 0 Å². The van der Waals surface area contributed by atoms with Crippen molar-refractivity contribution in [3.05, 3.63) is 87.7 Å². The smallest absolute Gasteiger partial charge is 0.282 e. The van der Waals surface area contributed by atoms with E-state index in [0.717, 1.165) is 40.2 Å². The van der Waals surface area contributed by atoms with Gasteiger partial charge in [-0.2, -0.15) is 9.78 Å². The molecule has 1 atom stereocenters. The molecule has 6 nitrogen and oxygen atoms in total. The number of aromatic nitrogens is 2. The molecule has 186 valence electrons. The average Bonchev–Trinajstić information content (AvgIpc) is 2.88. The van der Waals surface area contributed by atoms with Crippen LogP contribution in [0.5, 0.6) is 11.5 Å². The van der Waals surface area contributed by atoms with Gasteiger partial charge in [0.1, 0.15) is 11.5 Å². The zero-order valence-electron chi connectivity index (χ0n) is 21.8. The predicted molar refractivity (Wildman–Crippen MR) is 147 cm³/mol. The van der Waals surface area contributed by atoms with Crippen LogP contribution in [0.15, 0.2) is 70.6 Å². The fraction of sp³-hybridized carbons (Fsp3) is 0.300. The van der Waals surface area contributed by atoms with Crippen molar-refractivity contribution in [3.63, 3.8) is 0 Å². The first-order valence-electron chi connectivity index (χ1n) is 12.3.